The van der Waals surface area contributed by atoms with E-state index in [1.165, 1.54) is 0 Å². The zero-order valence-electron chi connectivity index (χ0n) is 9.96. The van der Waals surface area contributed by atoms with Crippen molar-refractivity contribution in [3.8, 4) is 6.07 Å². The molecule has 0 rings (SSSR count). The Morgan fingerprint density at radius 3 is 2.47 bits per heavy atom. The molecule has 0 aliphatic carbocycles. The lowest BCUT2D eigenvalue weighted by molar-refractivity contribution is -0.150. The number of nitrogens with zero attached hydrogens (tertiary/aromatic N) is 1. The quantitative estimate of drug-likeness (QED) is 0.516. The molecule has 0 fully saturated rings. The van der Waals surface area contributed by atoms with Gasteiger partial charge in [0.1, 0.15) is 0 Å². The van der Waals surface area contributed by atoms with E-state index in [0.29, 0.717) is 13.0 Å². The lowest BCUT2D eigenvalue weighted by Crippen LogP contribution is -2.32. The molecule has 3 nitrogen and oxygen atoms in total. The van der Waals surface area contributed by atoms with Crippen LogP contribution in [0.1, 0.15) is 40.5 Å². The number of carbonyl (C=O) groups excluding carboxylic acids is 1. The van der Waals surface area contributed by atoms with Crippen LogP contribution in [-0.2, 0) is 9.53 Å². The van der Waals surface area contributed by atoms with E-state index >= 15 is 0 Å². The van der Waals surface area contributed by atoms with Crippen LogP contribution >= 0.6 is 0 Å². The highest BCUT2D eigenvalue weighted by molar-refractivity contribution is 5.83. The van der Waals surface area contributed by atoms with Crippen LogP contribution in [0.15, 0.2) is 11.6 Å². The number of esters is 1. The summed E-state index contributed by atoms with van der Waals surface area (Å²) in [5.41, 5.74) is -0.315. The standard InChI is InChI=1S/C12H19NO2/c1-5-8-12(9-13,10(4)6-2)11(14)15-7-3/h6H,5,7-8H2,1-4H3/b10-6-. The lowest BCUT2D eigenvalue weighted by Gasteiger charge is -2.24. The normalized spacial score (nSPS) is 15.3. The van der Waals surface area contributed by atoms with Gasteiger partial charge >= 0.3 is 5.97 Å². The van der Waals surface area contributed by atoms with E-state index in [9.17, 15) is 10.1 Å². The first-order valence-corrected chi connectivity index (χ1v) is 5.30. The number of allylic oxidation sites excluding steroid dienone is 1. The third kappa shape index (κ3) is 2.82. The average Bonchev–Trinajstić information content (AvgIpc) is 2.25. The average molecular weight is 209 g/mol. The van der Waals surface area contributed by atoms with E-state index < -0.39 is 11.4 Å². The fourth-order valence-corrected chi connectivity index (χ4v) is 1.53. The van der Waals surface area contributed by atoms with Gasteiger partial charge in [-0.1, -0.05) is 19.4 Å². The van der Waals surface area contributed by atoms with Crippen LogP contribution < -0.4 is 0 Å². The number of hydrogen-bond acceptors (Lipinski definition) is 3. The summed E-state index contributed by atoms with van der Waals surface area (Å²) in [4.78, 5) is 11.8. The van der Waals surface area contributed by atoms with Crippen LogP contribution in [0.3, 0.4) is 0 Å². The summed E-state index contributed by atoms with van der Waals surface area (Å²) in [5, 5.41) is 9.21. The number of nitriles is 1. The Morgan fingerprint density at radius 2 is 2.13 bits per heavy atom. The minimum Gasteiger partial charge on any atom is -0.465 e. The highest BCUT2D eigenvalue weighted by atomic mass is 16.5. The second kappa shape index (κ2) is 6.23. The molecule has 0 aromatic carbocycles. The van der Waals surface area contributed by atoms with Gasteiger partial charge in [0, 0.05) is 0 Å². The molecule has 3 heteroatoms. The van der Waals surface area contributed by atoms with E-state index in [1.54, 1.807) is 19.9 Å². The maximum absolute atomic E-state index is 11.8. The van der Waals surface area contributed by atoms with Gasteiger partial charge in [0.15, 0.2) is 5.41 Å². The predicted octanol–water partition coefficient (Wildman–Crippen LogP) is 2.83. The van der Waals surface area contributed by atoms with E-state index in [2.05, 4.69) is 6.07 Å². The third-order valence-corrected chi connectivity index (χ3v) is 2.55. The summed E-state index contributed by atoms with van der Waals surface area (Å²) >= 11 is 0. The zero-order valence-corrected chi connectivity index (χ0v) is 9.96. The fraction of sp³-hybridized carbons (Fsp3) is 0.667. The van der Waals surface area contributed by atoms with Crippen LogP contribution in [0.5, 0.6) is 0 Å². The Hall–Kier alpha value is -1.30. The van der Waals surface area contributed by atoms with Gasteiger partial charge in [-0.25, -0.2) is 4.79 Å². The maximum Gasteiger partial charge on any atom is 0.330 e. The Morgan fingerprint density at radius 1 is 1.53 bits per heavy atom. The Labute approximate surface area is 91.7 Å². The molecule has 84 valence electrons. The topological polar surface area (TPSA) is 50.1 Å². The molecule has 0 spiro atoms. The van der Waals surface area contributed by atoms with Crippen molar-refractivity contribution in [2.45, 2.75) is 40.5 Å². The van der Waals surface area contributed by atoms with Crippen LogP contribution in [0, 0.1) is 16.7 Å². The number of rotatable bonds is 5. The predicted molar refractivity (Wildman–Crippen MR) is 59.0 cm³/mol. The Balaban J connectivity index is 5.17. The maximum atomic E-state index is 11.8. The minimum atomic E-state index is -1.08. The second-order valence-corrected chi connectivity index (χ2v) is 3.46. The summed E-state index contributed by atoms with van der Waals surface area (Å²) in [7, 11) is 0. The molecule has 0 heterocycles. The molecule has 1 atom stereocenters. The summed E-state index contributed by atoms with van der Waals surface area (Å²) in [6, 6.07) is 2.11. The number of hydrogen-bond donors (Lipinski definition) is 0. The van der Waals surface area contributed by atoms with Crippen LogP contribution in [0.25, 0.3) is 0 Å². The first kappa shape index (κ1) is 13.7. The Kier molecular flexibility index (Phi) is 5.69. The van der Waals surface area contributed by atoms with Crippen molar-refractivity contribution in [2.24, 2.45) is 5.41 Å². The molecule has 0 N–H and O–H groups in total. The summed E-state index contributed by atoms with van der Waals surface area (Å²) < 4.78 is 4.97. The molecule has 0 radical (unpaired) electrons. The molecule has 0 bridgehead atoms. The highest BCUT2D eigenvalue weighted by Gasteiger charge is 2.40. The number of carbonyl (C=O) groups is 1. The molecular weight excluding hydrogens is 190 g/mol. The van der Waals surface area contributed by atoms with Crippen molar-refractivity contribution in [3.05, 3.63) is 11.6 Å². The monoisotopic (exact) mass is 209 g/mol. The summed E-state index contributed by atoms with van der Waals surface area (Å²) in [5.74, 6) is -0.426. The first-order valence-electron chi connectivity index (χ1n) is 5.30. The van der Waals surface area contributed by atoms with Crippen molar-refractivity contribution in [2.75, 3.05) is 6.61 Å². The fourth-order valence-electron chi connectivity index (χ4n) is 1.53. The number of ether oxygens (including phenoxy) is 1. The van der Waals surface area contributed by atoms with Crippen LogP contribution in [0.2, 0.25) is 0 Å². The highest BCUT2D eigenvalue weighted by Crippen LogP contribution is 2.33. The largest absolute Gasteiger partial charge is 0.465 e. The van der Waals surface area contributed by atoms with Crippen LogP contribution in [0.4, 0.5) is 0 Å². The SMILES string of the molecule is C/C=C(/C)C(C#N)(CCC)C(=O)OCC. The van der Waals surface area contributed by atoms with Crippen LogP contribution in [-0.4, -0.2) is 12.6 Å². The van der Waals surface area contributed by atoms with Gasteiger partial charge in [0.2, 0.25) is 0 Å². The molecule has 0 aliphatic rings. The van der Waals surface area contributed by atoms with E-state index in [-0.39, 0.29) is 0 Å². The summed E-state index contributed by atoms with van der Waals surface area (Å²) in [6.45, 7) is 7.64. The van der Waals surface area contributed by atoms with Gasteiger partial charge in [-0.15, -0.1) is 0 Å². The van der Waals surface area contributed by atoms with Gasteiger partial charge in [-0.05, 0) is 32.8 Å². The van der Waals surface area contributed by atoms with E-state index in [1.807, 2.05) is 13.8 Å². The molecular formula is C12H19NO2. The molecule has 0 saturated carbocycles. The molecule has 0 amide bonds. The van der Waals surface area contributed by atoms with Gasteiger partial charge in [0.05, 0.1) is 12.7 Å². The molecule has 1 unspecified atom stereocenters. The van der Waals surface area contributed by atoms with Gasteiger partial charge in [-0.3, -0.25) is 0 Å². The summed E-state index contributed by atoms with van der Waals surface area (Å²) in [6.07, 6.45) is 3.09. The van der Waals surface area contributed by atoms with Crippen molar-refractivity contribution in [1.29, 1.82) is 5.26 Å². The molecule has 15 heavy (non-hydrogen) atoms. The van der Waals surface area contributed by atoms with E-state index in [4.69, 9.17) is 4.74 Å². The lowest BCUT2D eigenvalue weighted by atomic mass is 9.78. The van der Waals surface area contributed by atoms with E-state index in [0.717, 1.165) is 12.0 Å². The van der Waals surface area contributed by atoms with Gasteiger partial charge in [-0.2, -0.15) is 5.26 Å². The molecule has 0 aromatic rings. The second-order valence-electron chi connectivity index (χ2n) is 3.46. The smallest absolute Gasteiger partial charge is 0.330 e. The van der Waals surface area contributed by atoms with Gasteiger partial charge in [0.25, 0.3) is 0 Å². The molecule has 0 aliphatic heterocycles. The van der Waals surface area contributed by atoms with Crippen molar-refractivity contribution in [3.63, 3.8) is 0 Å². The zero-order chi connectivity index (χ0) is 11.9. The Bertz CT molecular complexity index is 288. The first-order chi connectivity index (χ1) is 7.08. The molecule has 0 aromatic heterocycles. The van der Waals surface area contributed by atoms with Crippen molar-refractivity contribution in [1.82, 2.24) is 0 Å². The van der Waals surface area contributed by atoms with Gasteiger partial charge < -0.3 is 4.74 Å². The minimum absolute atomic E-state index is 0.309. The van der Waals surface area contributed by atoms with Crippen molar-refractivity contribution >= 4 is 5.97 Å². The molecule has 0 saturated heterocycles. The van der Waals surface area contributed by atoms with Crippen molar-refractivity contribution < 1.29 is 9.53 Å². The third-order valence-electron chi connectivity index (χ3n) is 2.55.